The molecule has 5 nitrogen and oxygen atoms in total. The van der Waals surface area contributed by atoms with E-state index in [2.05, 4.69) is 17.4 Å². The highest BCUT2D eigenvalue weighted by Crippen LogP contribution is 2.50. The summed E-state index contributed by atoms with van der Waals surface area (Å²) in [5, 5.41) is 3.07. The summed E-state index contributed by atoms with van der Waals surface area (Å²) < 4.78 is 16.8. The van der Waals surface area contributed by atoms with E-state index in [9.17, 15) is 4.79 Å². The quantitative estimate of drug-likeness (QED) is 0.925. The number of amides is 1. The van der Waals surface area contributed by atoms with Crippen LogP contribution in [0.5, 0.6) is 17.2 Å². The van der Waals surface area contributed by atoms with Crippen molar-refractivity contribution in [3.63, 3.8) is 0 Å². The van der Waals surface area contributed by atoms with Crippen molar-refractivity contribution in [1.82, 2.24) is 5.32 Å². The van der Waals surface area contributed by atoms with Gasteiger partial charge in [0.1, 0.15) is 0 Å². The molecule has 2 aromatic rings. The van der Waals surface area contributed by atoms with Crippen molar-refractivity contribution < 1.29 is 19.0 Å². The van der Waals surface area contributed by atoms with Crippen LogP contribution in [0, 0.1) is 0 Å². The maximum absolute atomic E-state index is 11.7. The minimum absolute atomic E-state index is 0.0344. The molecule has 1 atom stereocenters. The molecule has 0 heterocycles. The van der Waals surface area contributed by atoms with Gasteiger partial charge in [0.15, 0.2) is 11.5 Å². The molecular weight excluding hydrogens is 318 g/mol. The SMILES string of the molecule is COc1cc2c(c(OC)c1OC)-c1ccccc1[C@@H](NC(C)=O)CC2. The highest BCUT2D eigenvalue weighted by molar-refractivity contribution is 5.83. The minimum Gasteiger partial charge on any atom is -0.493 e. The number of ether oxygens (including phenoxy) is 3. The van der Waals surface area contributed by atoms with Gasteiger partial charge in [-0.1, -0.05) is 24.3 Å². The maximum Gasteiger partial charge on any atom is 0.217 e. The molecule has 0 spiro atoms. The molecule has 3 rings (SSSR count). The molecule has 5 heteroatoms. The van der Waals surface area contributed by atoms with Crippen LogP contribution in [0.3, 0.4) is 0 Å². The van der Waals surface area contributed by atoms with Gasteiger partial charge in [-0.15, -0.1) is 0 Å². The Morgan fingerprint density at radius 1 is 1.08 bits per heavy atom. The van der Waals surface area contributed by atoms with Gasteiger partial charge in [0.05, 0.1) is 27.4 Å². The zero-order chi connectivity index (χ0) is 18.0. The van der Waals surface area contributed by atoms with Crippen LogP contribution in [0.2, 0.25) is 0 Å². The van der Waals surface area contributed by atoms with Crippen molar-refractivity contribution in [2.75, 3.05) is 21.3 Å². The largest absolute Gasteiger partial charge is 0.493 e. The van der Waals surface area contributed by atoms with Gasteiger partial charge >= 0.3 is 0 Å². The lowest BCUT2D eigenvalue weighted by Crippen LogP contribution is -2.26. The number of aryl methyl sites for hydroxylation is 1. The molecule has 0 aromatic heterocycles. The summed E-state index contributed by atoms with van der Waals surface area (Å²) in [6.45, 7) is 1.55. The molecule has 0 bridgehead atoms. The van der Waals surface area contributed by atoms with E-state index < -0.39 is 0 Å². The van der Waals surface area contributed by atoms with Crippen molar-refractivity contribution in [3.8, 4) is 28.4 Å². The lowest BCUT2D eigenvalue weighted by Gasteiger charge is -2.20. The molecule has 0 saturated heterocycles. The second-order valence-corrected chi connectivity index (χ2v) is 6.06. The fourth-order valence-electron chi connectivity index (χ4n) is 3.58. The average molecular weight is 341 g/mol. The topological polar surface area (TPSA) is 56.8 Å². The summed E-state index contributed by atoms with van der Waals surface area (Å²) >= 11 is 0. The molecule has 0 fully saturated rings. The molecule has 1 amide bonds. The Labute approximate surface area is 147 Å². The van der Waals surface area contributed by atoms with E-state index in [0.29, 0.717) is 17.2 Å². The van der Waals surface area contributed by atoms with Crippen LogP contribution in [0.4, 0.5) is 0 Å². The minimum atomic E-state index is -0.0391. The Balaban J connectivity index is 2.28. The fourth-order valence-corrected chi connectivity index (χ4v) is 3.58. The van der Waals surface area contributed by atoms with Crippen molar-refractivity contribution >= 4 is 5.91 Å². The number of carbonyl (C=O) groups excluding carboxylic acids is 1. The van der Waals surface area contributed by atoms with Crippen molar-refractivity contribution in [3.05, 3.63) is 41.5 Å². The first-order valence-electron chi connectivity index (χ1n) is 8.29. The molecule has 0 unspecified atom stereocenters. The van der Waals surface area contributed by atoms with E-state index in [4.69, 9.17) is 14.2 Å². The monoisotopic (exact) mass is 341 g/mol. The van der Waals surface area contributed by atoms with Crippen molar-refractivity contribution in [1.29, 1.82) is 0 Å². The standard InChI is InChI=1S/C20H23NO4/c1-12(22)21-16-10-9-13-11-17(23-2)19(24-3)20(25-4)18(13)15-8-6-5-7-14(15)16/h5-8,11,16H,9-10H2,1-4H3,(H,21,22)/t16-/m0/s1. The molecule has 1 aliphatic rings. The Morgan fingerprint density at radius 2 is 1.80 bits per heavy atom. The first kappa shape index (κ1) is 17.1. The maximum atomic E-state index is 11.7. The molecule has 25 heavy (non-hydrogen) atoms. The molecule has 0 aliphatic heterocycles. The third-order valence-electron chi connectivity index (χ3n) is 4.60. The number of hydrogen-bond acceptors (Lipinski definition) is 4. The molecule has 0 saturated carbocycles. The lowest BCUT2D eigenvalue weighted by atomic mass is 9.94. The Bertz CT molecular complexity index is 801. The highest BCUT2D eigenvalue weighted by atomic mass is 16.5. The summed E-state index contributed by atoms with van der Waals surface area (Å²) in [4.78, 5) is 11.7. The number of rotatable bonds is 4. The normalized spacial score (nSPS) is 15.4. The molecule has 132 valence electrons. The highest BCUT2D eigenvalue weighted by Gasteiger charge is 2.28. The zero-order valence-corrected chi connectivity index (χ0v) is 15.0. The van der Waals surface area contributed by atoms with Gasteiger partial charge < -0.3 is 19.5 Å². The van der Waals surface area contributed by atoms with Gasteiger partial charge in [0.2, 0.25) is 11.7 Å². The van der Waals surface area contributed by atoms with Crippen molar-refractivity contribution in [2.45, 2.75) is 25.8 Å². The molecular formula is C20H23NO4. The number of fused-ring (bicyclic) bond motifs is 3. The summed E-state index contributed by atoms with van der Waals surface area (Å²) in [6, 6.07) is 10.1. The van der Waals surface area contributed by atoms with Crippen LogP contribution in [0.25, 0.3) is 11.1 Å². The first-order valence-corrected chi connectivity index (χ1v) is 8.29. The average Bonchev–Trinajstić information content (AvgIpc) is 2.77. The Morgan fingerprint density at radius 3 is 2.44 bits per heavy atom. The van der Waals surface area contributed by atoms with Gasteiger partial charge in [0.25, 0.3) is 0 Å². The van der Waals surface area contributed by atoms with E-state index in [-0.39, 0.29) is 11.9 Å². The molecule has 0 radical (unpaired) electrons. The van der Waals surface area contributed by atoms with Crippen LogP contribution >= 0.6 is 0 Å². The van der Waals surface area contributed by atoms with E-state index in [1.807, 2.05) is 18.2 Å². The Hall–Kier alpha value is -2.69. The third kappa shape index (κ3) is 3.02. The van der Waals surface area contributed by atoms with E-state index >= 15 is 0 Å². The second kappa shape index (κ2) is 7.05. The van der Waals surface area contributed by atoms with Gasteiger partial charge in [-0.2, -0.15) is 0 Å². The predicted octanol–water partition coefficient (Wildman–Crippen LogP) is 3.50. The summed E-state index contributed by atoms with van der Waals surface area (Å²) in [6.07, 6.45) is 1.61. The zero-order valence-electron chi connectivity index (χ0n) is 15.0. The number of benzene rings is 2. The number of hydrogen-bond donors (Lipinski definition) is 1. The lowest BCUT2D eigenvalue weighted by molar-refractivity contribution is -0.119. The smallest absolute Gasteiger partial charge is 0.217 e. The van der Waals surface area contributed by atoms with E-state index in [1.54, 1.807) is 28.3 Å². The number of carbonyl (C=O) groups is 1. The Kier molecular flexibility index (Phi) is 4.83. The molecule has 1 N–H and O–H groups in total. The second-order valence-electron chi connectivity index (χ2n) is 6.06. The van der Waals surface area contributed by atoms with Gasteiger partial charge in [-0.3, -0.25) is 4.79 Å². The number of nitrogens with one attached hydrogen (secondary N) is 1. The third-order valence-corrected chi connectivity index (χ3v) is 4.60. The van der Waals surface area contributed by atoms with Crippen molar-refractivity contribution in [2.24, 2.45) is 0 Å². The van der Waals surface area contributed by atoms with Crippen LogP contribution in [-0.4, -0.2) is 27.2 Å². The molecule has 1 aliphatic carbocycles. The van der Waals surface area contributed by atoms with Gasteiger partial charge in [-0.05, 0) is 35.6 Å². The first-order chi connectivity index (χ1) is 12.1. The van der Waals surface area contributed by atoms with E-state index in [1.165, 1.54) is 0 Å². The van der Waals surface area contributed by atoms with E-state index in [0.717, 1.165) is 35.1 Å². The van der Waals surface area contributed by atoms with Crippen LogP contribution in [-0.2, 0) is 11.2 Å². The van der Waals surface area contributed by atoms with Crippen LogP contribution in [0.1, 0.15) is 30.5 Å². The van der Waals surface area contributed by atoms with Crippen LogP contribution < -0.4 is 19.5 Å². The van der Waals surface area contributed by atoms with Crippen LogP contribution in [0.15, 0.2) is 30.3 Å². The summed E-state index contributed by atoms with van der Waals surface area (Å²) in [5.74, 6) is 1.85. The summed E-state index contributed by atoms with van der Waals surface area (Å²) in [5.41, 5.74) is 4.26. The summed E-state index contributed by atoms with van der Waals surface area (Å²) in [7, 11) is 4.86. The fraction of sp³-hybridized carbons (Fsp3) is 0.350. The van der Waals surface area contributed by atoms with Gasteiger partial charge in [-0.25, -0.2) is 0 Å². The van der Waals surface area contributed by atoms with Gasteiger partial charge in [0, 0.05) is 12.5 Å². The number of methoxy groups -OCH3 is 3. The molecule has 2 aromatic carbocycles. The predicted molar refractivity (Wildman–Crippen MR) is 96.4 cm³/mol.